The van der Waals surface area contributed by atoms with Crippen molar-refractivity contribution in [2.75, 3.05) is 45.2 Å². The average Bonchev–Trinajstić information content (AvgIpc) is 3.61. The lowest BCUT2D eigenvalue weighted by atomic mass is 10.1. The van der Waals surface area contributed by atoms with Crippen LogP contribution in [0.5, 0.6) is 5.88 Å². The van der Waals surface area contributed by atoms with Crippen LogP contribution >= 0.6 is 11.6 Å². The normalized spacial score (nSPS) is 18.8. The summed E-state index contributed by atoms with van der Waals surface area (Å²) in [7, 11) is 2.61. The van der Waals surface area contributed by atoms with E-state index in [0.29, 0.717) is 39.1 Å². The van der Waals surface area contributed by atoms with Crippen LogP contribution in [0, 0.1) is 0 Å². The molecule has 0 saturated carbocycles. The molecule has 2 saturated heterocycles. The molecule has 0 unspecified atom stereocenters. The smallest absolute Gasteiger partial charge is 0.434 e. The van der Waals surface area contributed by atoms with Crippen LogP contribution < -0.4 is 15.4 Å². The van der Waals surface area contributed by atoms with Crippen LogP contribution in [-0.2, 0) is 18.0 Å². The number of halogens is 4. The van der Waals surface area contributed by atoms with E-state index in [-0.39, 0.29) is 51.0 Å². The molecule has 0 radical (unpaired) electrons. The number of rotatable bonds is 6. The number of aliphatic hydroxyl groups excluding tert-OH is 1. The number of benzene rings is 1. The summed E-state index contributed by atoms with van der Waals surface area (Å²) >= 11 is 6.41. The monoisotopic (exact) mass is 635 g/mol. The minimum Gasteiger partial charge on any atom is -0.481 e. The van der Waals surface area contributed by atoms with Gasteiger partial charge in [-0.25, -0.2) is 9.97 Å². The van der Waals surface area contributed by atoms with Crippen LogP contribution in [0.4, 0.5) is 18.9 Å². The fourth-order valence-electron chi connectivity index (χ4n) is 5.23. The van der Waals surface area contributed by atoms with E-state index in [1.807, 2.05) is 0 Å². The quantitative estimate of drug-likeness (QED) is 0.375. The number of imidazole rings is 1. The number of hydrogen-bond donors (Lipinski definition) is 3. The van der Waals surface area contributed by atoms with Crippen LogP contribution in [-0.4, -0.2) is 99.1 Å². The van der Waals surface area contributed by atoms with Crippen molar-refractivity contribution >= 4 is 35.0 Å². The van der Waals surface area contributed by atoms with Gasteiger partial charge in [-0.15, -0.1) is 0 Å². The van der Waals surface area contributed by atoms with Crippen LogP contribution in [0.3, 0.4) is 0 Å². The van der Waals surface area contributed by atoms with E-state index in [1.54, 1.807) is 9.80 Å². The van der Waals surface area contributed by atoms with Crippen molar-refractivity contribution in [3.8, 4) is 17.1 Å². The molecule has 0 bridgehead atoms. The van der Waals surface area contributed by atoms with E-state index < -0.39 is 29.9 Å². The van der Waals surface area contributed by atoms with Crippen LogP contribution in [0.2, 0.25) is 5.02 Å². The lowest BCUT2D eigenvalue weighted by molar-refractivity contribution is -0.140. The summed E-state index contributed by atoms with van der Waals surface area (Å²) in [4.78, 5) is 49.7. The average molecular weight is 636 g/mol. The molecule has 1 aromatic carbocycles. The molecule has 2 aliphatic heterocycles. The molecule has 44 heavy (non-hydrogen) atoms. The Balaban J connectivity index is 1.24. The zero-order valence-electron chi connectivity index (χ0n) is 23.7. The van der Waals surface area contributed by atoms with Gasteiger partial charge in [0.15, 0.2) is 11.5 Å². The van der Waals surface area contributed by atoms with Gasteiger partial charge in [0.25, 0.3) is 11.8 Å². The number of anilines is 1. The number of aromatic nitrogens is 3. The van der Waals surface area contributed by atoms with E-state index in [9.17, 15) is 32.7 Å². The van der Waals surface area contributed by atoms with Crippen molar-refractivity contribution in [1.29, 1.82) is 0 Å². The molecule has 4 heterocycles. The summed E-state index contributed by atoms with van der Waals surface area (Å²) in [6, 6.07) is 6.37. The van der Waals surface area contributed by atoms with Gasteiger partial charge in [0, 0.05) is 57.1 Å². The highest BCUT2D eigenvalue weighted by molar-refractivity contribution is 6.34. The number of aliphatic hydroxyl groups is 1. The molecular formula is C28H29ClF3N7O5. The Morgan fingerprint density at radius 2 is 1.82 bits per heavy atom. The summed E-state index contributed by atoms with van der Waals surface area (Å²) < 4.78 is 47.2. The van der Waals surface area contributed by atoms with Gasteiger partial charge in [-0.1, -0.05) is 11.6 Å². The van der Waals surface area contributed by atoms with E-state index in [4.69, 9.17) is 16.3 Å². The Bertz CT molecular complexity index is 1590. The van der Waals surface area contributed by atoms with Crippen molar-refractivity contribution in [3.63, 3.8) is 0 Å². The van der Waals surface area contributed by atoms with Gasteiger partial charge in [-0.05, 0) is 30.7 Å². The number of hydrogen-bond acceptors (Lipinski definition) is 8. The predicted octanol–water partition coefficient (Wildman–Crippen LogP) is 2.42. The maximum absolute atomic E-state index is 13.7. The first-order valence-corrected chi connectivity index (χ1v) is 14.0. The number of piperazine rings is 1. The molecule has 12 nitrogen and oxygen atoms in total. The first kappa shape index (κ1) is 31.2. The number of amides is 3. The molecular weight excluding hydrogens is 607 g/mol. The standard InChI is InChI=1S/C28H29ClF3N7O5/c1-37-21(18-5-6-22(44-2)36-23(18)28(30,31)32)14-34-24(37)25(41)35-15-3-4-17(19(29)11-15)26(42)38-7-9-39(10-8-38)27(43)20-12-16(40)13-33-20/h3-6,11,14,16,20,33,40H,7-10,12-13H2,1-2H3,(H,35,41)/t16-,20+/m1/s1. The second kappa shape index (κ2) is 12.4. The molecule has 16 heteroatoms. The second-order valence-corrected chi connectivity index (χ2v) is 10.8. The SMILES string of the molecule is COc1ccc(-c2cnc(C(=O)Nc3ccc(C(=O)N4CCN(C(=O)[C@@H]5C[C@@H](O)CN5)CC4)c(Cl)c3)n2C)c(C(F)(F)F)n1. The third-order valence-electron chi connectivity index (χ3n) is 7.56. The fourth-order valence-corrected chi connectivity index (χ4v) is 5.49. The summed E-state index contributed by atoms with van der Waals surface area (Å²) in [5, 5.41) is 15.4. The molecule has 2 fully saturated rings. The van der Waals surface area contributed by atoms with Gasteiger partial charge >= 0.3 is 6.18 Å². The van der Waals surface area contributed by atoms with Gasteiger partial charge in [0.2, 0.25) is 11.8 Å². The Labute approximate surface area is 254 Å². The number of ether oxygens (including phenoxy) is 1. The van der Waals surface area contributed by atoms with Crippen LogP contribution in [0.15, 0.2) is 36.5 Å². The number of nitrogens with one attached hydrogen (secondary N) is 2. The van der Waals surface area contributed by atoms with Gasteiger partial charge in [0.1, 0.15) is 0 Å². The number of carbonyl (C=O) groups excluding carboxylic acids is 3. The second-order valence-electron chi connectivity index (χ2n) is 10.4. The molecule has 2 aromatic heterocycles. The first-order valence-electron chi connectivity index (χ1n) is 13.6. The molecule has 3 aromatic rings. The topological polar surface area (TPSA) is 142 Å². The largest absolute Gasteiger partial charge is 0.481 e. The minimum absolute atomic E-state index is 0.00972. The molecule has 0 spiro atoms. The van der Waals surface area contributed by atoms with Crippen LogP contribution in [0.1, 0.15) is 33.1 Å². The lowest BCUT2D eigenvalue weighted by Gasteiger charge is -2.36. The number of nitrogens with zero attached hydrogens (tertiary/aromatic N) is 5. The maximum Gasteiger partial charge on any atom is 0.434 e. The Morgan fingerprint density at radius 1 is 1.11 bits per heavy atom. The Kier molecular flexibility index (Phi) is 8.81. The minimum atomic E-state index is -4.78. The van der Waals surface area contributed by atoms with Crippen molar-refractivity contribution in [2.45, 2.75) is 24.7 Å². The lowest BCUT2D eigenvalue weighted by Crippen LogP contribution is -2.54. The molecule has 2 aliphatic rings. The van der Waals surface area contributed by atoms with Gasteiger partial charge in [-0.3, -0.25) is 14.4 Å². The molecule has 2 atom stereocenters. The van der Waals surface area contributed by atoms with Crippen molar-refractivity contribution in [2.24, 2.45) is 7.05 Å². The Hall–Kier alpha value is -4.21. The number of alkyl halides is 3. The maximum atomic E-state index is 13.7. The number of methoxy groups -OCH3 is 1. The molecule has 234 valence electrons. The van der Waals surface area contributed by atoms with E-state index in [0.717, 1.165) is 6.20 Å². The Morgan fingerprint density at radius 3 is 2.43 bits per heavy atom. The van der Waals surface area contributed by atoms with Gasteiger partial charge in [-0.2, -0.15) is 13.2 Å². The zero-order valence-corrected chi connectivity index (χ0v) is 24.4. The van der Waals surface area contributed by atoms with E-state index in [2.05, 4.69) is 20.6 Å². The third-order valence-corrected chi connectivity index (χ3v) is 7.87. The number of pyridine rings is 1. The third kappa shape index (κ3) is 6.34. The molecule has 3 amide bonds. The number of carbonyl (C=O) groups is 3. The van der Waals surface area contributed by atoms with Crippen molar-refractivity contribution in [1.82, 2.24) is 29.7 Å². The van der Waals surface area contributed by atoms with Crippen LogP contribution in [0.25, 0.3) is 11.3 Å². The summed E-state index contributed by atoms with van der Waals surface area (Å²) in [6.07, 6.45) is -3.83. The van der Waals surface area contributed by atoms with Crippen molar-refractivity contribution < 1.29 is 37.4 Å². The van der Waals surface area contributed by atoms with E-state index >= 15 is 0 Å². The highest BCUT2D eigenvalue weighted by atomic mass is 35.5. The number of β-amino-alcohol motifs (C(OH)–C–C–N with tert-alkyl or cyclic N) is 1. The van der Waals surface area contributed by atoms with Crippen molar-refractivity contribution in [3.05, 3.63) is 58.6 Å². The predicted molar refractivity (Wildman–Crippen MR) is 152 cm³/mol. The fraction of sp³-hybridized carbons (Fsp3) is 0.393. The van der Waals surface area contributed by atoms with Gasteiger partial charge in [0.05, 0.1) is 41.7 Å². The summed E-state index contributed by atoms with van der Waals surface area (Å²) in [5.74, 6) is -1.54. The summed E-state index contributed by atoms with van der Waals surface area (Å²) in [5.41, 5.74) is -1.01. The van der Waals surface area contributed by atoms with Gasteiger partial charge < -0.3 is 34.8 Å². The highest BCUT2D eigenvalue weighted by Crippen LogP contribution is 2.37. The zero-order chi connectivity index (χ0) is 31.8. The highest BCUT2D eigenvalue weighted by Gasteiger charge is 2.37. The summed E-state index contributed by atoms with van der Waals surface area (Å²) in [6.45, 7) is 1.66. The molecule has 5 rings (SSSR count). The molecule has 3 N–H and O–H groups in total. The first-order chi connectivity index (χ1) is 20.9. The molecule has 0 aliphatic carbocycles. The van der Waals surface area contributed by atoms with E-state index in [1.165, 1.54) is 49.1 Å².